The molecule has 25 heavy (non-hydrogen) atoms. The number of anilines is 1. The number of nitrogens with zero attached hydrogens (tertiary/aromatic N) is 2. The topological polar surface area (TPSA) is 32.7 Å². The van der Waals surface area contributed by atoms with Crippen LogP contribution in [0.25, 0.3) is 0 Å². The van der Waals surface area contributed by atoms with E-state index in [1.54, 1.807) is 0 Å². The van der Waals surface area contributed by atoms with E-state index in [2.05, 4.69) is 26.0 Å². The third-order valence-electron chi connectivity index (χ3n) is 5.32. The van der Waals surface area contributed by atoms with E-state index in [4.69, 9.17) is 16.6 Å². The summed E-state index contributed by atoms with van der Waals surface area (Å²) in [4.78, 5) is 20.1. The second-order valence-corrected chi connectivity index (χ2v) is 7.40. The minimum Gasteiger partial charge on any atom is -0.305 e. The third-order valence-corrected chi connectivity index (χ3v) is 5.69. The fourth-order valence-electron chi connectivity index (χ4n) is 3.74. The van der Waals surface area contributed by atoms with E-state index in [1.807, 2.05) is 29.2 Å². The maximum Gasteiger partial charge on any atom is 0.236 e. The van der Waals surface area contributed by atoms with E-state index in [-0.39, 0.29) is 11.8 Å². The van der Waals surface area contributed by atoms with Crippen LogP contribution < -0.4 is 4.90 Å². The summed E-state index contributed by atoms with van der Waals surface area (Å²) >= 11 is 6.36. The lowest BCUT2D eigenvalue weighted by atomic mass is 10.0. The molecule has 0 N–H and O–H groups in total. The zero-order valence-electron chi connectivity index (χ0n) is 14.6. The SMILES string of the molecule is Cc1cc2c(cc1C)N(Cc1ccccc1Cl)C(=O)[C@@H]1CCCC1=N2. The zero-order chi connectivity index (χ0) is 17.6. The molecule has 1 atom stereocenters. The van der Waals surface area contributed by atoms with Crippen LogP contribution in [-0.4, -0.2) is 11.6 Å². The van der Waals surface area contributed by atoms with Gasteiger partial charge in [0.2, 0.25) is 5.91 Å². The number of benzene rings is 2. The Labute approximate surface area is 153 Å². The van der Waals surface area contributed by atoms with Gasteiger partial charge in [-0.2, -0.15) is 0 Å². The minimum atomic E-state index is -0.0875. The Morgan fingerprint density at radius 2 is 1.96 bits per heavy atom. The molecular formula is C21H21ClN2O. The van der Waals surface area contributed by atoms with E-state index in [1.165, 1.54) is 11.1 Å². The van der Waals surface area contributed by atoms with Crippen molar-refractivity contribution < 1.29 is 4.79 Å². The lowest BCUT2D eigenvalue weighted by Gasteiger charge is -2.26. The standard InChI is InChI=1S/C21H21ClN2O/c1-13-10-19-20(11-14(13)2)24(12-15-6-3-4-8-17(15)22)21(25)16-7-5-9-18(16)23-19/h3-4,6,8,10-11,16H,5,7,9,12H2,1-2H3/t16-/m1/s1. The normalized spacial score (nSPS) is 19.3. The Morgan fingerprint density at radius 1 is 1.20 bits per heavy atom. The molecule has 1 fully saturated rings. The molecule has 2 aromatic rings. The van der Waals surface area contributed by atoms with Crippen molar-refractivity contribution in [3.05, 3.63) is 58.1 Å². The van der Waals surface area contributed by atoms with Gasteiger partial charge >= 0.3 is 0 Å². The number of hydrogen-bond acceptors (Lipinski definition) is 2. The summed E-state index contributed by atoms with van der Waals surface area (Å²) in [6.07, 6.45) is 2.85. The summed E-state index contributed by atoms with van der Waals surface area (Å²) in [5.74, 6) is 0.0636. The zero-order valence-corrected chi connectivity index (χ0v) is 15.3. The predicted octanol–water partition coefficient (Wildman–Crippen LogP) is 5.38. The van der Waals surface area contributed by atoms with Crippen LogP contribution in [0, 0.1) is 19.8 Å². The van der Waals surface area contributed by atoms with Gasteiger partial charge in [0.15, 0.2) is 0 Å². The van der Waals surface area contributed by atoms with Gasteiger partial charge in [0.05, 0.1) is 23.8 Å². The number of carbonyl (C=O) groups excluding carboxylic acids is 1. The van der Waals surface area contributed by atoms with Crippen molar-refractivity contribution in [1.29, 1.82) is 0 Å². The highest BCUT2D eigenvalue weighted by atomic mass is 35.5. The van der Waals surface area contributed by atoms with Gasteiger partial charge in [-0.25, -0.2) is 0 Å². The Balaban J connectivity index is 1.85. The van der Waals surface area contributed by atoms with E-state index >= 15 is 0 Å². The highest BCUT2D eigenvalue weighted by molar-refractivity contribution is 6.31. The molecular weight excluding hydrogens is 332 g/mol. The van der Waals surface area contributed by atoms with Crippen molar-refractivity contribution in [3.63, 3.8) is 0 Å². The molecule has 1 heterocycles. The summed E-state index contributed by atoms with van der Waals surface area (Å²) in [6, 6.07) is 11.9. The molecule has 4 rings (SSSR count). The summed E-state index contributed by atoms with van der Waals surface area (Å²) in [7, 11) is 0. The number of rotatable bonds is 2. The molecule has 1 saturated carbocycles. The molecule has 0 unspecified atom stereocenters. The van der Waals surface area contributed by atoms with Crippen LogP contribution in [0.1, 0.15) is 36.0 Å². The van der Waals surface area contributed by atoms with E-state index in [9.17, 15) is 4.79 Å². The molecule has 1 aliphatic carbocycles. The molecule has 4 heteroatoms. The monoisotopic (exact) mass is 352 g/mol. The second-order valence-electron chi connectivity index (χ2n) is 6.99. The van der Waals surface area contributed by atoms with Crippen LogP contribution >= 0.6 is 11.6 Å². The Hall–Kier alpha value is -2.13. The molecule has 0 radical (unpaired) electrons. The van der Waals surface area contributed by atoms with E-state index in [0.29, 0.717) is 11.6 Å². The number of aryl methyl sites for hydroxylation is 2. The average Bonchev–Trinajstić information content (AvgIpc) is 3.01. The number of amides is 1. The van der Waals surface area contributed by atoms with Gasteiger partial charge in [-0.15, -0.1) is 0 Å². The van der Waals surface area contributed by atoms with E-state index < -0.39 is 0 Å². The van der Waals surface area contributed by atoms with Crippen molar-refractivity contribution in [2.45, 2.75) is 39.7 Å². The average molecular weight is 353 g/mol. The summed E-state index contributed by atoms with van der Waals surface area (Å²) in [6.45, 7) is 4.65. The summed E-state index contributed by atoms with van der Waals surface area (Å²) in [5.41, 5.74) is 6.17. The van der Waals surface area contributed by atoms with Crippen LogP contribution in [0.2, 0.25) is 5.02 Å². The van der Waals surface area contributed by atoms with Gasteiger partial charge in [0, 0.05) is 10.7 Å². The van der Waals surface area contributed by atoms with Crippen LogP contribution in [0.5, 0.6) is 0 Å². The smallest absolute Gasteiger partial charge is 0.236 e. The number of aliphatic imine (C=N–C) groups is 1. The molecule has 0 bridgehead atoms. The number of fused-ring (bicyclic) bond motifs is 2. The quantitative estimate of drug-likeness (QED) is 0.714. The first kappa shape index (κ1) is 16.3. The first-order valence-electron chi connectivity index (χ1n) is 8.78. The Bertz CT molecular complexity index is 887. The Kier molecular flexibility index (Phi) is 4.12. The molecule has 1 amide bonds. The first-order chi connectivity index (χ1) is 12.0. The molecule has 3 nitrogen and oxygen atoms in total. The molecule has 2 aromatic carbocycles. The van der Waals surface area contributed by atoms with Gasteiger partial charge in [0.1, 0.15) is 0 Å². The predicted molar refractivity (Wildman–Crippen MR) is 103 cm³/mol. The first-order valence-corrected chi connectivity index (χ1v) is 9.16. The minimum absolute atomic E-state index is 0.0875. The van der Waals surface area contributed by atoms with Gasteiger partial charge in [-0.1, -0.05) is 29.8 Å². The summed E-state index contributed by atoms with van der Waals surface area (Å²) in [5, 5.41) is 0.692. The fraction of sp³-hybridized carbons (Fsp3) is 0.333. The van der Waals surface area contributed by atoms with Gasteiger partial charge in [-0.05, 0) is 68.0 Å². The van der Waals surface area contributed by atoms with Gasteiger partial charge in [-0.3, -0.25) is 9.79 Å². The Morgan fingerprint density at radius 3 is 2.76 bits per heavy atom. The largest absolute Gasteiger partial charge is 0.305 e. The molecule has 0 saturated heterocycles. The van der Waals surface area contributed by atoms with Crippen LogP contribution in [0.15, 0.2) is 41.4 Å². The van der Waals surface area contributed by atoms with Crippen molar-refractivity contribution in [3.8, 4) is 0 Å². The van der Waals surface area contributed by atoms with E-state index in [0.717, 1.165) is 41.9 Å². The van der Waals surface area contributed by atoms with Crippen molar-refractivity contribution in [2.75, 3.05) is 4.90 Å². The molecule has 0 aromatic heterocycles. The van der Waals surface area contributed by atoms with Crippen LogP contribution in [0.3, 0.4) is 0 Å². The number of carbonyl (C=O) groups is 1. The van der Waals surface area contributed by atoms with Crippen molar-refractivity contribution >= 4 is 34.6 Å². The van der Waals surface area contributed by atoms with Crippen LogP contribution in [0.4, 0.5) is 11.4 Å². The molecule has 2 aliphatic rings. The van der Waals surface area contributed by atoms with Gasteiger partial charge in [0.25, 0.3) is 0 Å². The second kappa shape index (κ2) is 6.30. The lowest BCUT2D eigenvalue weighted by Crippen LogP contribution is -2.36. The number of halogens is 1. The molecule has 0 spiro atoms. The maximum atomic E-state index is 13.3. The van der Waals surface area contributed by atoms with Crippen molar-refractivity contribution in [1.82, 2.24) is 0 Å². The lowest BCUT2D eigenvalue weighted by molar-refractivity contribution is -0.120. The highest BCUT2D eigenvalue weighted by Crippen LogP contribution is 2.40. The van der Waals surface area contributed by atoms with Crippen molar-refractivity contribution in [2.24, 2.45) is 10.9 Å². The number of hydrogen-bond donors (Lipinski definition) is 0. The van der Waals surface area contributed by atoms with Gasteiger partial charge < -0.3 is 4.90 Å². The highest BCUT2D eigenvalue weighted by Gasteiger charge is 2.36. The molecule has 128 valence electrons. The molecule has 1 aliphatic heterocycles. The third kappa shape index (κ3) is 2.87. The maximum absolute atomic E-state index is 13.3. The fourth-order valence-corrected chi connectivity index (χ4v) is 3.94. The van der Waals surface area contributed by atoms with Crippen LogP contribution in [-0.2, 0) is 11.3 Å². The summed E-state index contributed by atoms with van der Waals surface area (Å²) < 4.78 is 0.